The molecule has 0 amide bonds. The minimum absolute atomic E-state index is 0.592. The van der Waals surface area contributed by atoms with Crippen LogP contribution < -0.4 is 10.6 Å². The molecule has 0 unspecified atom stereocenters. The molecule has 0 spiro atoms. The molecule has 2 nitrogen and oxygen atoms in total. The summed E-state index contributed by atoms with van der Waals surface area (Å²) in [7, 11) is 0. The van der Waals surface area contributed by atoms with E-state index in [-0.39, 0.29) is 0 Å². The monoisotopic (exact) mass is 364 g/mol. The van der Waals surface area contributed by atoms with Crippen LogP contribution in [0.2, 0.25) is 0 Å². The number of hydrogen-bond donors (Lipinski definition) is 2. The van der Waals surface area contributed by atoms with Crippen LogP contribution in [0.5, 0.6) is 0 Å². The van der Waals surface area contributed by atoms with Crippen molar-refractivity contribution in [2.24, 2.45) is 0 Å². The van der Waals surface area contributed by atoms with Gasteiger partial charge < -0.3 is 10.6 Å². The van der Waals surface area contributed by atoms with Crippen LogP contribution in [0.3, 0.4) is 0 Å². The van der Waals surface area contributed by atoms with Gasteiger partial charge in [0.1, 0.15) is 0 Å². The van der Waals surface area contributed by atoms with E-state index in [1.807, 2.05) is 36.4 Å². The van der Waals surface area contributed by atoms with Gasteiger partial charge >= 0.3 is 0 Å². The lowest BCUT2D eigenvalue weighted by Crippen LogP contribution is -2.20. The second kappa shape index (κ2) is 8.19. The highest BCUT2D eigenvalue weighted by Gasteiger charge is 2.07. The molecule has 0 aromatic heterocycles. The highest BCUT2D eigenvalue weighted by molar-refractivity contribution is 7.99. The van der Waals surface area contributed by atoms with Crippen LogP contribution in [0.4, 0.5) is 11.4 Å². The normalized spacial score (nSPS) is 10.3. The Kier molecular flexibility index (Phi) is 5.74. The van der Waals surface area contributed by atoms with Crippen LogP contribution in [-0.4, -0.2) is 5.11 Å². The molecule has 0 fully saturated rings. The van der Waals surface area contributed by atoms with Crippen molar-refractivity contribution in [2.45, 2.75) is 23.6 Å². The second-order valence-electron chi connectivity index (χ2n) is 5.81. The first-order valence-corrected chi connectivity index (χ1v) is 9.31. The lowest BCUT2D eigenvalue weighted by molar-refractivity contribution is 1.38. The summed E-state index contributed by atoms with van der Waals surface area (Å²) >= 11 is 7.23. The molecule has 3 aromatic rings. The summed E-state index contributed by atoms with van der Waals surface area (Å²) < 4.78 is 0. The number of anilines is 2. The highest BCUT2D eigenvalue weighted by Crippen LogP contribution is 2.33. The van der Waals surface area contributed by atoms with Crippen molar-refractivity contribution >= 4 is 40.5 Å². The molecule has 25 heavy (non-hydrogen) atoms. The zero-order valence-corrected chi connectivity index (χ0v) is 15.9. The standard InChI is InChI=1S/C21H20N2S2/c1-15-12-13-16(2)19(14-15)23-21(24)22-18-10-6-7-11-20(18)25-17-8-4-3-5-9-17/h3-14H,1-2H3,(H2,22,23,24). The quantitative estimate of drug-likeness (QED) is 0.533. The minimum Gasteiger partial charge on any atom is -0.332 e. The van der Waals surface area contributed by atoms with E-state index in [1.54, 1.807) is 11.8 Å². The van der Waals surface area contributed by atoms with Gasteiger partial charge in [0, 0.05) is 15.5 Å². The average Bonchev–Trinajstić information content (AvgIpc) is 2.61. The van der Waals surface area contributed by atoms with Gasteiger partial charge in [-0.05, 0) is 67.5 Å². The molecule has 0 radical (unpaired) electrons. The third-order valence-corrected chi connectivity index (χ3v) is 5.04. The number of nitrogens with one attached hydrogen (secondary N) is 2. The Balaban J connectivity index is 1.74. The molecule has 126 valence electrons. The topological polar surface area (TPSA) is 24.1 Å². The maximum atomic E-state index is 5.51. The first kappa shape index (κ1) is 17.5. The Labute approximate surface area is 158 Å². The van der Waals surface area contributed by atoms with E-state index in [0.29, 0.717) is 5.11 Å². The molecule has 3 aromatic carbocycles. The molecule has 0 atom stereocenters. The first-order chi connectivity index (χ1) is 12.1. The molecule has 0 saturated heterocycles. The number of rotatable bonds is 4. The van der Waals surface area contributed by atoms with E-state index in [2.05, 4.69) is 60.9 Å². The molecule has 0 heterocycles. The van der Waals surface area contributed by atoms with E-state index in [4.69, 9.17) is 12.2 Å². The first-order valence-electron chi connectivity index (χ1n) is 8.09. The van der Waals surface area contributed by atoms with Crippen molar-refractivity contribution in [1.82, 2.24) is 0 Å². The van der Waals surface area contributed by atoms with Gasteiger partial charge in [-0.15, -0.1) is 0 Å². The Morgan fingerprint density at radius 2 is 1.48 bits per heavy atom. The molecule has 2 N–H and O–H groups in total. The van der Waals surface area contributed by atoms with Gasteiger partial charge in [0.05, 0.1) is 5.69 Å². The van der Waals surface area contributed by atoms with Crippen molar-refractivity contribution in [3.05, 3.63) is 83.9 Å². The predicted octanol–water partition coefficient (Wildman–Crippen LogP) is 6.26. The van der Waals surface area contributed by atoms with Gasteiger partial charge in [-0.3, -0.25) is 0 Å². The summed E-state index contributed by atoms with van der Waals surface area (Å²) in [6.45, 7) is 4.15. The lowest BCUT2D eigenvalue weighted by Gasteiger charge is -2.15. The van der Waals surface area contributed by atoms with Crippen LogP contribution in [-0.2, 0) is 0 Å². The van der Waals surface area contributed by atoms with Gasteiger partial charge in [0.15, 0.2) is 5.11 Å². The Morgan fingerprint density at radius 3 is 2.28 bits per heavy atom. The van der Waals surface area contributed by atoms with E-state index < -0.39 is 0 Å². The fraction of sp³-hybridized carbons (Fsp3) is 0.0952. The summed E-state index contributed by atoms with van der Waals surface area (Å²) in [6, 6.07) is 24.8. The van der Waals surface area contributed by atoms with Crippen LogP contribution in [0.25, 0.3) is 0 Å². The van der Waals surface area contributed by atoms with Crippen molar-refractivity contribution in [3.63, 3.8) is 0 Å². The second-order valence-corrected chi connectivity index (χ2v) is 7.33. The zero-order chi connectivity index (χ0) is 17.6. The fourth-order valence-corrected chi connectivity index (χ4v) is 3.56. The molecule has 4 heteroatoms. The molecule has 0 aliphatic heterocycles. The third kappa shape index (κ3) is 4.84. The number of benzene rings is 3. The summed E-state index contributed by atoms with van der Waals surface area (Å²) in [5, 5.41) is 7.22. The van der Waals surface area contributed by atoms with Crippen LogP contribution >= 0.6 is 24.0 Å². The summed E-state index contributed by atoms with van der Waals surface area (Å²) in [6.07, 6.45) is 0. The number of hydrogen-bond acceptors (Lipinski definition) is 2. The smallest absolute Gasteiger partial charge is 0.175 e. The van der Waals surface area contributed by atoms with Gasteiger partial charge in [-0.1, -0.05) is 54.2 Å². The maximum Gasteiger partial charge on any atom is 0.175 e. The molecular formula is C21H20N2S2. The molecule has 0 saturated carbocycles. The highest BCUT2D eigenvalue weighted by atomic mass is 32.2. The van der Waals surface area contributed by atoms with E-state index in [9.17, 15) is 0 Å². The number of thiocarbonyl (C=S) groups is 1. The van der Waals surface area contributed by atoms with Crippen molar-refractivity contribution < 1.29 is 0 Å². The third-order valence-electron chi connectivity index (χ3n) is 3.75. The van der Waals surface area contributed by atoms with Gasteiger partial charge in [0.2, 0.25) is 0 Å². The average molecular weight is 365 g/mol. The SMILES string of the molecule is Cc1ccc(C)c(NC(=S)Nc2ccccc2Sc2ccccc2)c1. The Morgan fingerprint density at radius 1 is 0.800 bits per heavy atom. The molecule has 0 bridgehead atoms. The largest absolute Gasteiger partial charge is 0.332 e. The molecule has 3 rings (SSSR count). The zero-order valence-electron chi connectivity index (χ0n) is 14.2. The van der Waals surface area contributed by atoms with Crippen molar-refractivity contribution in [1.29, 1.82) is 0 Å². The summed E-state index contributed by atoms with van der Waals surface area (Å²) in [5.41, 5.74) is 4.41. The Hall–Kier alpha value is -2.30. The summed E-state index contributed by atoms with van der Waals surface area (Å²) in [4.78, 5) is 2.34. The minimum atomic E-state index is 0.592. The van der Waals surface area contributed by atoms with Crippen molar-refractivity contribution in [2.75, 3.05) is 10.6 Å². The van der Waals surface area contributed by atoms with E-state index in [1.165, 1.54) is 16.0 Å². The molecule has 0 aliphatic carbocycles. The van der Waals surface area contributed by atoms with E-state index in [0.717, 1.165) is 16.3 Å². The number of para-hydroxylation sites is 1. The van der Waals surface area contributed by atoms with Crippen LogP contribution in [0, 0.1) is 13.8 Å². The predicted molar refractivity (Wildman–Crippen MR) is 113 cm³/mol. The molecule has 0 aliphatic rings. The fourth-order valence-electron chi connectivity index (χ4n) is 2.42. The number of aryl methyl sites for hydroxylation is 2. The lowest BCUT2D eigenvalue weighted by atomic mass is 10.1. The summed E-state index contributed by atoms with van der Waals surface area (Å²) in [5.74, 6) is 0. The van der Waals surface area contributed by atoms with Gasteiger partial charge in [-0.2, -0.15) is 0 Å². The van der Waals surface area contributed by atoms with E-state index >= 15 is 0 Å². The van der Waals surface area contributed by atoms with Crippen LogP contribution in [0.1, 0.15) is 11.1 Å². The van der Waals surface area contributed by atoms with Crippen LogP contribution in [0.15, 0.2) is 82.6 Å². The van der Waals surface area contributed by atoms with Crippen molar-refractivity contribution in [3.8, 4) is 0 Å². The molecular weight excluding hydrogens is 344 g/mol. The maximum absolute atomic E-state index is 5.51. The Bertz CT molecular complexity index is 876. The van der Waals surface area contributed by atoms with Gasteiger partial charge in [-0.25, -0.2) is 0 Å². The van der Waals surface area contributed by atoms with Gasteiger partial charge in [0.25, 0.3) is 0 Å².